The van der Waals surface area contributed by atoms with Crippen molar-refractivity contribution in [2.24, 2.45) is 0 Å². The summed E-state index contributed by atoms with van der Waals surface area (Å²) in [5.74, 6) is -0.635. The van der Waals surface area contributed by atoms with E-state index < -0.39 is 36.0 Å². The zero-order valence-corrected chi connectivity index (χ0v) is 17.4. The van der Waals surface area contributed by atoms with E-state index in [4.69, 9.17) is 4.74 Å². The van der Waals surface area contributed by atoms with Crippen molar-refractivity contribution in [1.29, 1.82) is 0 Å². The molecule has 174 valence electrons. The quantitative estimate of drug-likeness (QED) is 0.287. The highest BCUT2D eigenvalue weighted by Gasteiger charge is 2.47. The monoisotopic (exact) mass is 449 g/mol. The van der Waals surface area contributed by atoms with Gasteiger partial charge < -0.3 is 35.9 Å². The van der Waals surface area contributed by atoms with E-state index in [1.165, 1.54) is 23.6 Å². The molecule has 0 spiro atoms. The molecule has 2 aromatic rings. The molecule has 0 aromatic carbocycles. The second kappa shape index (κ2) is 9.63. The predicted molar refractivity (Wildman–Crippen MR) is 110 cm³/mol. The number of imidazole rings is 1. The van der Waals surface area contributed by atoms with E-state index in [0.29, 0.717) is 0 Å². The Morgan fingerprint density at radius 1 is 1.12 bits per heavy atom. The zero-order valence-electron chi connectivity index (χ0n) is 17.4. The molecule has 2 aliphatic rings. The number of hydrogen-bond acceptors (Lipinski definition) is 8. The van der Waals surface area contributed by atoms with Crippen LogP contribution in [0.3, 0.4) is 0 Å². The second-order valence-corrected chi connectivity index (χ2v) is 8.01. The maximum absolute atomic E-state index is 12.5. The van der Waals surface area contributed by atoms with Crippen LogP contribution in [0.2, 0.25) is 0 Å². The lowest BCUT2D eigenvalue weighted by atomic mass is 9.96. The number of carbonyl (C=O) groups is 2. The number of fused-ring (bicyclic) bond motifs is 1. The van der Waals surface area contributed by atoms with Crippen LogP contribution in [0.25, 0.3) is 11.2 Å². The Morgan fingerprint density at radius 3 is 2.66 bits per heavy atom. The first-order chi connectivity index (χ1) is 15.5. The topological polar surface area (TPSA) is 183 Å². The molecule has 2 fully saturated rings. The third-order valence-electron chi connectivity index (χ3n) is 5.79. The van der Waals surface area contributed by atoms with E-state index in [0.717, 1.165) is 25.7 Å². The average Bonchev–Trinajstić information content (AvgIpc) is 3.34. The van der Waals surface area contributed by atoms with Crippen molar-refractivity contribution < 1.29 is 24.5 Å². The normalized spacial score (nSPS) is 26.2. The fraction of sp³-hybridized carbons (Fsp3) is 0.632. The molecular formula is C19H27N7O6. The third kappa shape index (κ3) is 4.59. The smallest absolute Gasteiger partial charge is 0.315 e. The number of carbonyl (C=O) groups excluding carboxylic acids is 2. The van der Waals surface area contributed by atoms with Crippen LogP contribution in [-0.4, -0.2) is 79.1 Å². The maximum Gasteiger partial charge on any atom is 0.315 e. The molecule has 2 aromatic heterocycles. The lowest BCUT2D eigenvalue weighted by molar-refractivity contribution is -0.137. The first kappa shape index (κ1) is 22.2. The van der Waals surface area contributed by atoms with Gasteiger partial charge in [-0.05, 0) is 12.8 Å². The first-order valence-corrected chi connectivity index (χ1v) is 10.7. The van der Waals surface area contributed by atoms with Crippen molar-refractivity contribution in [2.75, 3.05) is 13.1 Å². The van der Waals surface area contributed by atoms with E-state index in [2.05, 4.69) is 30.9 Å². The van der Waals surface area contributed by atoms with Gasteiger partial charge in [0, 0.05) is 19.1 Å². The lowest BCUT2D eigenvalue weighted by Gasteiger charge is -2.23. The van der Waals surface area contributed by atoms with Gasteiger partial charge in [0.2, 0.25) is 0 Å². The molecule has 1 aliphatic heterocycles. The standard InChI is InChI=1S/C19H27N7O6/c27-12-13(28)18(26-9-24-11-15(26)22-8-23-16(11)29)32-14(12)17(30)20-6-7-21-19(31)25-10-4-2-1-3-5-10/h8-10,12-14,18,27-28H,1-7H2,(H,20,30)(H2,21,25,31)(H,22,23,29)/t12-,13+,14-,18+/m0/s1. The van der Waals surface area contributed by atoms with Crippen LogP contribution < -0.4 is 21.5 Å². The molecule has 1 saturated heterocycles. The molecule has 0 bridgehead atoms. The van der Waals surface area contributed by atoms with Gasteiger partial charge in [-0.25, -0.2) is 14.8 Å². The van der Waals surface area contributed by atoms with Gasteiger partial charge in [0.05, 0.1) is 12.7 Å². The summed E-state index contributed by atoms with van der Waals surface area (Å²) in [6.07, 6.45) is 2.36. The summed E-state index contributed by atoms with van der Waals surface area (Å²) in [7, 11) is 0. The number of aromatic nitrogens is 4. The SMILES string of the molecule is O=C(NCCNC(=O)[C@H]1O[C@@H](n2cnc3c(=O)[nH]cnc32)[C@H](O)[C@@H]1O)NC1CCCCC1. The first-order valence-electron chi connectivity index (χ1n) is 10.7. The van der Waals surface area contributed by atoms with Gasteiger partial charge in [0.25, 0.3) is 11.5 Å². The highest BCUT2D eigenvalue weighted by molar-refractivity contribution is 5.82. The molecule has 0 radical (unpaired) electrons. The largest absolute Gasteiger partial charge is 0.387 e. The van der Waals surface area contributed by atoms with Crippen LogP contribution in [-0.2, 0) is 9.53 Å². The summed E-state index contributed by atoms with van der Waals surface area (Å²) in [4.78, 5) is 46.6. The molecule has 4 rings (SSSR count). The molecule has 3 amide bonds. The minimum atomic E-state index is -1.50. The number of urea groups is 1. The number of amides is 3. The van der Waals surface area contributed by atoms with Crippen molar-refractivity contribution in [3.63, 3.8) is 0 Å². The number of aliphatic hydroxyl groups excluding tert-OH is 2. The Hall–Kier alpha value is -3.03. The fourth-order valence-electron chi connectivity index (χ4n) is 4.10. The van der Waals surface area contributed by atoms with Crippen LogP contribution in [0, 0.1) is 0 Å². The number of nitrogens with zero attached hydrogens (tertiary/aromatic N) is 3. The molecule has 1 saturated carbocycles. The molecule has 13 nitrogen and oxygen atoms in total. The van der Waals surface area contributed by atoms with Crippen molar-refractivity contribution >= 4 is 23.1 Å². The second-order valence-electron chi connectivity index (χ2n) is 8.01. The Morgan fingerprint density at radius 2 is 1.88 bits per heavy atom. The van der Waals surface area contributed by atoms with E-state index in [1.54, 1.807) is 0 Å². The summed E-state index contributed by atoms with van der Waals surface area (Å²) >= 11 is 0. The minimum Gasteiger partial charge on any atom is -0.387 e. The predicted octanol–water partition coefficient (Wildman–Crippen LogP) is -1.51. The molecular weight excluding hydrogens is 422 g/mol. The third-order valence-corrected chi connectivity index (χ3v) is 5.79. The van der Waals surface area contributed by atoms with E-state index in [9.17, 15) is 24.6 Å². The van der Waals surface area contributed by atoms with E-state index >= 15 is 0 Å². The molecule has 32 heavy (non-hydrogen) atoms. The average molecular weight is 449 g/mol. The van der Waals surface area contributed by atoms with Gasteiger partial charge in [0.1, 0.15) is 12.2 Å². The van der Waals surface area contributed by atoms with Crippen LogP contribution in [0.15, 0.2) is 17.4 Å². The van der Waals surface area contributed by atoms with Gasteiger partial charge in [-0.3, -0.25) is 14.2 Å². The molecule has 6 N–H and O–H groups in total. The summed E-state index contributed by atoms with van der Waals surface area (Å²) < 4.78 is 6.87. The summed E-state index contributed by atoms with van der Waals surface area (Å²) in [6.45, 7) is 0.313. The van der Waals surface area contributed by atoms with Crippen molar-refractivity contribution in [3.05, 3.63) is 23.0 Å². The van der Waals surface area contributed by atoms with Crippen molar-refractivity contribution in [1.82, 2.24) is 35.5 Å². The summed E-state index contributed by atoms with van der Waals surface area (Å²) in [5.41, 5.74) is -0.265. The fourth-order valence-corrected chi connectivity index (χ4v) is 4.10. The van der Waals surface area contributed by atoms with Crippen LogP contribution in [0.4, 0.5) is 4.79 Å². The summed E-state index contributed by atoms with van der Waals surface area (Å²) in [5, 5.41) is 28.9. The van der Waals surface area contributed by atoms with Crippen molar-refractivity contribution in [3.8, 4) is 0 Å². The number of ether oxygens (including phenoxy) is 1. The molecule has 4 atom stereocenters. The Kier molecular flexibility index (Phi) is 6.67. The zero-order chi connectivity index (χ0) is 22.7. The lowest BCUT2D eigenvalue weighted by Crippen LogP contribution is -2.47. The molecule has 13 heteroatoms. The molecule has 3 heterocycles. The number of hydrogen-bond donors (Lipinski definition) is 6. The number of aliphatic hydroxyl groups is 2. The van der Waals surface area contributed by atoms with Gasteiger partial charge in [-0.1, -0.05) is 19.3 Å². The van der Waals surface area contributed by atoms with Gasteiger partial charge in [0.15, 0.2) is 23.5 Å². The Balaban J connectivity index is 1.28. The number of aromatic amines is 1. The number of H-pyrrole nitrogens is 1. The Labute approximate surface area is 182 Å². The number of rotatable bonds is 6. The van der Waals surface area contributed by atoms with Crippen LogP contribution >= 0.6 is 0 Å². The van der Waals surface area contributed by atoms with Crippen LogP contribution in [0.5, 0.6) is 0 Å². The Bertz CT molecular complexity index is 1020. The van der Waals surface area contributed by atoms with Crippen molar-refractivity contribution in [2.45, 2.75) is 62.7 Å². The molecule has 1 aliphatic carbocycles. The van der Waals surface area contributed by atoms with Crippen LogP contribution in [0.1, 0.15) is 38.3 Å². The number of nitrogens with one attached hydrogen (secondary N) is 4. The van der Waals surface area contributed by atoms with Gasteiger partial charge in [-0.2, -0.15) is 0 Å². The molecule has 0 unspecified atom stereocenters. The summed E-state index contributed by atoms with van der Waals surface area (Å²) in [6, 6.07) is -0.101. The maximum atomic E-state index is 12.5. The highest BCUT2D eigenvalue weighted by Crippen LogP contribution is 2.31. The minimum absolute atomic E-state index is 0.0447. The van der Waals surface area contributed by atoms with E-state index in [1.807, 2.05) is 0 Å². The van der Waals surface area contributed by atoms with E-state index in [-0.39, 0.29) is 36.3 Å². The van der Waals surface area contributed by atoms with Gasteiger partial charge in [-0.15, -0.1) is 0 Å². The highest BCUT2D eigenvalue weighted by atomic mass is 16.6. The van der Waals surface area contributed by atoms with Gasteiger partial charge >= 0.3 is 6.03 Å².